The predicted molar refractivity (Wildman–Crippen MR) is 84.6 cm³/mol. The Bertz CT molecular complexity index is 536. The summed E-state index contributed by atoms with van der Waals surface area (Å²) in [6.07, 6.45) is 3.74. The van der Waals surface area contributed by atoms with Gasteiger partial charge >= 0.3 is 0 Å². The van der Waals surface area contributed by atoms with Crippen molar-refractivity contribution in [1.29, 1.82) is 0 Å². The summed E-state index contributed by atoms with van der Waals surface area (Å²) in [6, 6.07) is 6.03. The van der Waals surface area contributed by atoms with Crippen molar-refractivity contribution in [2.24, 2.45) is 0 Å². The number of pyridine rings is 1. The molecule has 0 amide bonds. The van der Waals surface area contributed by atoms with Crippen molar-refractivity contribution in [3.63, 3.8) is 0 Å². The van der Waals surface area contributed by atoms with Crippen molar-refractivity contribution < 1.29 is 0 Å². The van der Waals surface area contributed by atoms with E-state index in [2.05, 4.69) is 55.9 Å². The highest BCUT2D eigenvalue weighted by Gasteiger charge is 2.12. The van der Waals surface area contributed by atoms with Gasteiger partial charge in [0.1, 0.15) is 0 Å². The van der Waals surface area contributed by atoms with E-state index in [0.717, 1.165) is 48.3 Å². The van der Waals surface area contributed by atoms with Crippen molar-refractivity contribution in [2.75, 3.05) is 6.54 Å². The monoisotopic (exact) mass is 336 g/mol. The van der Waals surface area contributed by atoms with Gasteiger partial charge in [-0.1, -0.05) is 13.0 Å². The third-order valence-corrected chi connectivity index (χ3v) is 4.19. The molecule has 0 saturated carbocycles. The highest BCUT2D eigenvalue weighted by molar-refractivity contribution is 9.10. The lowest BCUT2D eigenvalue weighted by Crippen LogP contribution is -2.19. The summed E-state index contributed by atoms with van der Waals surface area (Å²) in [5.74, 6) is 0. The molecule has 0 bridgehead atoms. The Balaban J connectivity index is 1.89. The summed E-state index contributed by atoms with van der Waals surface area (Å²) >= 11 is 3.66. The second-order valence-corrected chi connectivity index (χ2v) is 5.42. The fraction of sp³-hybridized carbons (Fsp3) is 0.467. The number of rotatable bonds is 7. The molecule has 2 heterocycles. The molecular weight excluding hydrogens is 316 g/mol. The smallest absolute Gasteiger partial charge is 0.0767 e. The first-order valence-corrected chi connectivity index (χ1v) is 7.90. The van der Waals surface area contributed by atoms with Crippen molar-refractivity contribution in [3.8, 4) is 0 Å². The molecular formula is C15H21BrN4. The van der Waals surface area contributed by atoms with Gasteiger partial charge < -0.3 is 5.32 Å². The number of hydrogen-bond acceptors (Lipinski definition) is 3. The molecule has 0 unspecified atom stereocenters. The average Bonchev–Trinajstić information content (AvgIpc) is 2.80. The second kappa shape index (κ2) is 7.55. The zero-order valence-electron chi connectivity index (χ0n) is 12.1. The van der Waals surface area contributed by atoms with Crippen LogP contribution in [0.3, 0.4) is 0 Å². The minimum absolute atomic E-state index is 0.828. The van der Waals surface area contributed by atoms with Crippen LogP contribution in [0, 0.1) is 0 Å². The molecule has 4 nitrogen and oxygen atoms in total. The standard InChI is InChI=1S/C15H21BrN4/c1-3-13-15(16)14(20(4-2)19-13)11-17-10-8-12-7-5-6-9-18-12/h5-7,9,17H,3-4,8,10-11H2,1-2H3. The molecule has 20 heavy (non-hydrogen) atoms. The second-order valence-electron chi connectivity index (χ2n) is 4.62. The quantitative estimate of drug-likeness (QED) is 0.790. The van der Waals surface area contributed by atoms with E-state index in [1.165, 1.54) is 5.69 Å². The number of aryl methyl sites for hydroxylation is 2. The van der Waals surface area contributed by atoms with E-state index in [4.69, 9.17) is 0 Å². The van der Waals surface area contributed by atoms with Crippen LogP contribution in [0.15, 0.2) is 28.9 Å². The van der Waals surface area contributed by atoms with Crippen LogP contribution in [0.1, 0.15) is 30.9 Å². The minimum Gasteiger partial charge on any atom is -0.311 e. The number of aromatic nitrogens is 3. The van der Waals surface area contributed by atoms with Crippen LogP contribution < -0.4 is 5.32 Å². The van der Waals surface area contributed by atoms with Crippen LogP contribution in [0.4, 0.5) is 0 Å². The van der Waals surface area contributed by atoms with Gasteiger partial charge in [-0.2, -0.15) is 5.10 Å². The zero-order valence-corrected chi connectivity index (χ0v) is 13.7. The normalized spacial score (nSPS) is 10.9. The molecule has 0 radical (unpaired) electrons. The summed E-state index contributed by atoms with van der Waals surface area (Å²) in [5.41, 5.74) is 3.48. The van der Waals surface area contributed by atoms with E-state index < -0.39 is 0 Å². The lowest BCUT2D eigenvalue weighted by molar-refractivity contribution is 0.576. The number of hydrogen-bond donors (Lipinski definition) is 1. The van der Waals surface area contributed by atoms with E-state index in [0.29, 0.717) is 0 Å². The van der Waals surface area contributed by atoms with Gasteiger partial charge in [-0.25, -0.2) is 0 Å². The number of nitrogens with zero attached hydrogens (tertiary/aromatic N) is 3. The first-order chi connectivity index (χ1) is 9.76. The summed E-state index contributed by atoms with van der Waals surface area (Å²) < 4.78 is 3.21. The van der Waals surface area contributed by atoms with Crippen molar-refractivity contribution in [2.45, 2.75) is 39.8 Å². The highest BCUT2D eigenvalue weighted by atomic mass is 79.9. The molecule has 0 aliphatic carbocycles. The molecule has 2 aromatic heterocycles. The van der Waals surface area contributed by atoms with Gasteiger partial charge in [-0.05, 0) is 41.4 Å². The van der Waals surface area contributed by atoms with Crippen molar-refractivity contribution in [1.82, 2.24) is 20.1 Å². The maximum absolute atomic E-state index is 4.60. The fourth-order valence-electron chi connectivity index (χ4n) is 2.16. The lowest BCUT2D eigenvalue weighted by Gasteiger charge is -2.07. The SMILES string of the molecule is CCc1nn(CC)c(CNCCc2ccccn2)c1Br. The number of nitrogens with one attached hydrogen (secondary N) is 1. The minimum atomic E-state index is 0.828. The Labute approximate surface area is 128 Å². The van der Waals surface area contributed by atoms with Gasteiger partial charge in [0.2, 0.25) is 0 Å². The van der Waals surface area contributed by atoms with Crippen molar-refractivity contribution in [3.05, 3.63) is 46.0 Å². The van der Waals surface area contributed by atoms with Gasteiger partial charge in [-0.15, -0.1) is 0 Å². The third kappa shape index (κ3) is 3.67. The first kappa shape index (κ1) is 15.2. The van der Waals surface area contributed by atoms with Gasteiger partial charge in [-0.3, -0.25) is 9.67 Å². The van der Waals surface area contributed by atoms with Crippen LogP contribution in [-0.4, -0.2) is 21.3 Å². The van der Waals surface area contributed by atoms with E-state index in [1.807, 2.05) is 18.3 Å². The number of halogens is 1. The molecule has 2 rings (SSSR count). The predicted octanol–water partition coefficient (Wildman–Crippen LogP) is 2.96. The summed E-state index contributed by atoms with van der Waals surface area (Å²) in [4.78, 5) is 4.33. The zero-order chi connectivity index (χ0) is 14.4. The van der Waals surface area contributed by atoms with Gasteiger partial charge in [0.15, 0.2) is 0 Å². The largest absolute Gasteiger partial charge is 0.311 e. The molecule has 0 aromatic carbocycles. The molecule has 5 heteroatoms. The van der Waals surface area contributed by atoms with Gasteiger partial charge in [0.05, 0.1) is 15.9 Å². The molecule has 0 atom stereocenters. The summed E-state index contributed by atoms with van der Waals surface area (Å²) in [6.45, 7) is 6.89. The Morgan fingerprint density at radius 1 is 1.30 bits per heavy atom. The van der Waals surface area contributed by atoms with Crippen LogP contribution in [0.5, 0.6) is 0 Å². The average molecular weight is 337 g/mol. The molecule has 0 fully saturated rings. The fourth-order valence-corrected chi connectivity index (χ4v) is 2.86. The topological polar surface area (TPSA) is 42.7 Å². The Kier molecular flexibility index (Phi) is 5.73. The molecule has 1 N–H and O–H groups in total. The molecule has 0 aliphatic rings. The molecule has 0 spiro atoms. The maximum atomic E-state index is 4.60. The maximum Gasteiger partial charge on any atom is 0.0767 e. The van der Waals surface area contributed by atoms with Gasteiger partial charge in [0, 0.05) is 37.9 Å². The van der Waals surface area contributed by atoms with Crippen LogP contribution in [0.2, 0.25) is 0 Å². The first-order valence-electron chi connectivity index (χ1n) is 7.10. The molecule has 108 valence electrons. The lowest BCUT2D eigenvalue weighted by atomic mass is 10.2. The Morgan fingerprint density at radius 2 is 2.15 bits per heavy atom. The van der Waals surface area contributed by atoms with E-state index in [1.54, 1.807) is 0 Å². The summed E-state index contributed by atoms with van der Waals surface area (Å²) in [7, 11) is 0. The molecule has 0 saturated heterocycles. The van der Waals surface area contributed by atoms with E-state index in [-0.39, 0.29) is 0 Å². The third-order valence-electron chi connectivity index (χ3n) is 3.27. The van der Waals surface area contributed by atoms with Crippen LogP contribution >= 0.6 is 15.9 Å². The Hall–Kier alpha value is -1.20. The van der Waals surface area contributed by atoms with Crippen LogP contribution in [0.25, 0.3) is 0 Å². The van der Waals surface area contributed by atoms with Crippen LogP contribution in [-0.2, 0) is 25.9 Å². The van der Waals surface area contributed by atoms with Crippen molar-refractivity contribution >= 4 is 15.9 Å². The van der Waals surface area contributed by atoms with Gasteiger partial charge in [0.25, 0.3) is 0 Å². The highest BCUT2D eigenvalue weighted by Crippen LogP contribution is 2.22. The van der Waals surface area contributed by atoms with E-state index >= 15 is 0 Å². The Morgan fingerprint density at radius 3 is 2.80 bits per heavy atom. The summed E-state index contributed by atoms with van der Waals surface area (Å²) in [5, 5.41) is 8.07. The van der Waals surface area contributed by atoms with E-state index in [9.17, 15) is 0 Å². The molecule has 2 aromatic rings. The molecule has 0 aliphatic heterocycles.